The van der Waals surface area contributed by atoms with Gasteiger partial charge in [0, 0.05) is 6.54 Å². The fourth-order valence-corrected chi connectivity index (χ4v) is 5.25. The number of likely N-dealkylation sites (tertiary alicyclic amines) is 1. The topological polar surface area (TPSA) is 75.7 Å². The molecule has 0 spiro atoms. The van der Waals surface area contributed by atoms with Crippen molar-refractivity contribution in [2.24, 2.45) is 29.6 Å². The van der Waals surface area contributed by atoms with Gasteiger partial charge in [-0.25, -0.2) is 0 Å². The van der Waals surface area contributed by atoms with E-state index in [-0.39, 0.29) is 54.0 Å². The zero-order valence-electron chi connectivity index (χ0n) is 15.4. The summed E-state index contributed by atoms with van der Waals surface area (Å²) >= 11 is 0. The van der Waals surface area contributed by atoms with E-state index in [1.807, 2.05) is 0 Å². The van der Waals surface area contributed by atoms with Gasteiger partial charge in [0.15, 0.2) is 0 Å². The first-order valence-corrected chi connectivity index (χ1v) is 9.98. The van der Waals surface area contributed by atoms with Crippen LogP contribution >= 0.6 is 0 Å². The fraction of sp³-hybridized carbons (Fsp3) is 0.750. The van der Waals surface area contributed by atoms with Crippen LogP contribution in [0.1, 0.15) is 39.0 Å². The molecule has 0 aromatic rings. The third-order valence-electron chi connectivity index (χ3n) is 6.65. The van der Waals surface area contributed by atoms with Crippen molar-refractivity contribution in [3.63, 3.8) is 0 Å². The van der Waals surface area contributed by atoms with Crippen molar-refractivity contribution in [1.29, 1.82) is 0 Å². The molecular formula is C20H28N2O4. The van der Waals surface area contributed by atoms with Crippen LogP contribution in [0.15, 0.2) is 12.2 Å². The lowest BCUT2D eigenvalue weighted by Gasteiger charge is -2.28. The van der Waals surface area contributed by atoms with Crippen LogP contribution in [0.2, 0.25) is 0 Å². The number of ether oxygens (including phenoxy) is 1. The molecule has 3 amide bonds. The number of hydrogen-bond donors (Lipinski definition) is 1. The van der Waals surface area contributed by atoms with Crippen LogP contribution in [0, 0.1) is 29.6 Å². The third kappa shape index (κ3) is 3.08. The molecule has 2 bridgehead atoms. The monoisotopic (exact) mass is 360 g/mol. The molecule has 2 saturated carbocycles. The van der Waals surface area contributed by atoms with Crippen molar-refractivity contribution in [1.82, 2.24) is 10.2 Å². The van der Waals surface area contributed by atoms with Gasteiger partial charge in [0.25, 0.3) is 0 Å². The standard InChI is InChI=1S/C20H28N2O4/c1-12-4-2-3-5-15(12)26-9-8-21-16(23)11-22-19(24)17-13-6-7-14(10-13)18(17)20(22)25/h6-7,12-15,17-18H,2-5,8-11H2,1H3,(H,21,23). The Morgan fingerprint density at radius 3 is 2.46 bits per heavy atom. The summed E-state index contributed by atoms with van der Waals surface area (Å²) in [6.45, 7) is 2.94. The van der Waals surface area contributed by atoms with Gasteiger partial charge in [-0.2, -0.15) is 0 Å². The number of nitrogens with zero attached hydrogens (tertiary/aromatic N) is 1. The Kier molecular flexibility index (Phi) is 4.86. The van der Waals surface area contributed by atoms with Gasteiger partial charge in [0.2, 0.25) is 17.7 Å². The van der Waals surface area contributed by atoms with Crippen molar-refractivity contribution >= 4 is 17.7 Å². The quantitative estimate of drug-likeness (QED) is 0.443. The van der Waals surface area contributed by atoms with E-state index in [9.17, 15) is 14.4 Å². The summed E-state index contributed by atoms with van der Waals surface area (Å²) in [4.78, 5) is 38.5. The van der Waals surface area contributed by atoms with Crippen LogP contribution in [0.3, 0.4) is 0 Å². The number of rotatable bonds is 6. The minimum absolute atomic E-state index is 0.163. The number of allylic oxidation sites excluding steroid dienone is 2. The summed E-state index contributed by atoms with van der Waals surface area (Å²) in [6.07, 6.45) is 10.1. The Hall–Kier alpha value is -1.69. The molecule has 1 aliphatic heterocycles. The molecule has 142 valence electrons. The zero-order valence-corrected chi connectivity index (χ0v) is 15.4. The van der Waals surface area contributed by atoms with E-state index in [0.29, 0.717) is 19.1 Å². The molecule has 6 unspecified atom stereocenters. The summed E-state index contributed by atoms with van der Waals surface area (Å²) in [7, 11) is 0. The van der Waals surface area contributed by atoms with Gasteiger partial charge in [0.1, 0.15) is 6.54 Å². The number of carbonyl (C=O) groups excluding carboxylic acids is 3. The molecule has 6 nitrogen and oxygen atoms in total. The van der Waals surface area contributed by atoms with Gasteiger partial charge >= 0.3 is 0 Å². The minimum Gasteiger partial charge on any atom is -0.376 e. The average Bonchev–Trinajstić information content (AvgIpc) is 3.30. The molecular weight excluding hydrogens is 332 g/mol. The van der Waals surface area contributed by atoms with E-state index >= 15 is 0 Å². The third-order valence-corrected chi connectivity index (χ3v) is 6.65. The van der Waals surface area contributed by atoms with E-state index in [0.717, 1.165) is 12.8 Å². The van der Waals surface area contributed by atoms with Crippen LogP contribution in [0.25, 0.3) is 0 Å². The van der Waals surface area contributed by atoms with Crippen LogP contribution in [0.5, 0.6) is 0 Å². The van der Waals surface area contributed by atoms with Crippen LogP contribution in [-0.2, 0) is 19.1 Å². The second-order valence-electron chi connectivity index (χ2n) is 8.28. The Morgan fingerprint density at radius 1 is 1.15 bits per heavy atom. The van der Waals surface area contributed by atoms with E-state index in [1.165, 1.54) is 24.2 Å². The second-order valence-corrected chi connectivity index (χ2v) is 8.28. The number of imide groups is 1. The molecule has 0 aromatic carbocycles. The Labute approximate surface area is 154 Å². The lowest BCUT2D eigenvalue weighted by atomic mass is 9.85. The number of nitrogens with one attached hydrogen (secondary N) is 1. The second kappa shape index (κ2) is 7.14. The molecule has 3 fully saturated rings. The van der Waals surface area contributed by atoms with Gasteiger partial charge < -0.3 is 10.1 Å². The Morgan fingerprint density at radius 2 is 1.81 bits per heavy atom. The highest BCUT2D eigenvalue weighted by atomic mass is 16.5. The number of carbonyl (C=O) groups is 3. The Balaban J connectivity index is 1.22. The SMILES string of the molecule is CC1CCCCC1OCCNC(=O)CN1C(=O)C2C3C=CC(C3)C2C1=O. The average molecular weight is 360 g/mol. The molecule has 0 aromatic heterocycles. The van der Waals surface area contributed by atoms with Gasteiger partial charge in [-0.05, 0) is 37.0 Å². The maximum absolute atomic E-state index is 12.6. The molecule has 1 N–H and O–H groups in total. The van der Waals surface area contributed by atoms with E-state index in [1.54, 1.807) is 0 Å². The molecule has 3 aliphatic carbocycles. The van der Waals surface area contributed by atoms with Crippen molar-refractivity contribution in [3.8, 4) is 0 Å². The number of hydrogen-bond acceptors (Lipinski definition) is 4. The largest absolute Gasteiger partial charge is 0.376 e. The van der Waals surface area contributed by atoms with E-state index in [2.05, 4.69) is 24.4 Å². The van der Waals surface area contributed by atoms with Crippen LogP contribution in [0.4, 0.5) is 0 Å². The smallest absolute Gasteiger partial charge is 0.240 e. The van der Waals surface area contributed by atoms with Gasteiger partial charge in [0.05, 0.1) is 24.5 Å². The number of fused-ring (bicyclic) bond motifs is 5. The first kappa shape index (κ1) is 17.7. The molecule has 26 heavy (non-hydrogen) atoms. The van der Waals surface area contributed by atoms with Crippen molar-refractivity contribution < 1.29 is 19.1 Å². The molecule has 4 aliphatic rings. The van der Waals surface area contributed by atoms with Crippen LogP contribution < -0.4 is 5.32 Å². The maximum Gasteiger partial charge on any atom is 0.240 e. The first-order chi connectivity index (χ1) is 12.6. The fourth-order valence-electron chi connectivity index (χ4n) is 5.25. The summed E-state index contributed by atoms with van der Waals surface area (Å²) in [5.74, 6) is -0.155. The lowest BCUT2D eigenvalue weighted by Crippen LogP contribution is -2.42. The maximum atomic E-state index is 12.6. The number of amides is 3. The first-order valence-electron chi connectivity index (χ1n) is 9.98. The van der Waals surface area contributed by atoms with Crippen molar-refractivity contribution in [3.05, 3.63) is 12.2 Å². The molecule has 1 heterocycles. The Bertz CT molecular complexity index is 601. The van der Waals surface area contributed by atoms with Gasteiger partial charge in [-0.15, -0.1) is 0 Å². The normalized spacial score (nSPS) is 38.1. The van der Waals surface area contributed by atoms with Crippen molar-refractivity contribution in [2.75, 3.05) is 19.7 Å². The van der Waals surface area contributed by atoms with Gasteiger partial charge in [-0.1, -0.05) is 31.9 Å². The molecule has 4 rings (SSSR count). The molecule has 0 radical (unpaired) electrons. The van der Waals surface area contributed by atoms with Crippen LogP contribution in [-0.4, -0.2) is 48.4 Å². The highest BCUT2D eigenvalue weighted by Gasteiger charge is 2.59. The highest BCUT2D eigenvalue weighted by molar-refractivity contribution is 6.08. The predicted octanol–water partition coefficient (Wildman–Crippen LogP) is 1.51. The van der Waals surface area contributed by atoms with Crippen molar-refractivity contribution in [2.45, 2.75) is 45.1 Å². The van der Waals surface area contributed by atoms with Gasteiger partial charge in [-0.3, -0.25) is 19.3 Å². The summed E-state index contributed by atoms with van der Waals surface area (Å²) in [5.41, 5.74) is 0. The molecule has 6 atom stereocenters. The predicted molar refractivity (Wildman–Crippen MR) is 94.8 cm³/mol. The lowest BCUT2D eigenvalue weighted by molar-refractivity contribution is -0.144. The zero-order chi connectivity index (χ0) is 18.3. The summed E-state index contributed by atoms with van der Waals surface area (Å²) < 4.78 is 5.88. The summed E-state index contributed by atoms with van der Waals surface area (Å²) in [5, 5.41) is 2.78. The molecule has 6 heteroatoms. The van der Waals surface area contributed by atoms with E-state index < -0.39 is 0 Å². The summed E-state index contributed by atoms with van der Waals surface area (Å²) in [6, 6.07) is 0. The minimum atomic E-state index is -0.285. The highest BCUT2D eigenvalue weighted by Crippen LogP contribution is 2.52. The molecule has 1 saturated heterocycles. The van der Waals surface area contributed by atoms with E-state index in [4.69, 9.17) is 4.74 Å².